The monoisotopic (exact) mass is 388 g/mol. The maximum absolute atomic E-state index is 12.4. The number of nitro groups is 1. The molecule has 0 atom stereocenters. The van der Waals surface area contributed by atoms with Crippen molar-refractivity contribution in [1.29, 1.82) is 15.8 Å². The average molecular weight is 388 g/mol. The van der Waals surface area contributed by atoms with Crippen molar-refractivity contribution >= 4 is 17.2 Å². The Morgan fingerprint density at radius 3 is 2.24 bits per heavy atom. The molecule has 0 N–H and O–H groups in total. The molecule has 0 aliphatic rings. The Morgan fingerprint density at radius 2 is 1.72 bits per heavy atom. The second-order valence-corrected chi connectivity index (χ2v) is 5.35. The summed E-state index contributed by atoms with van der Waals surface area (Å²) in [7, 11) is 0. The second kappa shape index (κ2) is 9.31. The lowest BCUT2D eigenvalue weighted by Crippen LogP contribution is -2.15. The zero-order valence-electron chi connectivity index (χ0n) is 15.1. The Kier molecular flexibility index (Phi) is 6.62. The van der Waals surface area contributed by atoms with Crippen molar-refractivity contribution < 1.29 is 19.2 Å². The molecule has 0 aromatic heterocycles. The summed E-state index contributed by atoms with van der Waals surface area (Å²) in [5, 5.41) is 39.2. The Morgan fingerprint density at radius 1 is 1.10 bits per heavy atom. The normalized spacial score (nSPS) is 10.6. The number of nitrogens with zero attached hydrogens (tertiary/aromatic N) is 4. The number of nitriles is 3. The molecule has 0 aliphatic carbocycles. The van der Waals surface area contributed by atoms with Crippen molar-refractivity contribution in [3.8, 4) is 24.0 Å². The number of benzene rings is 2. The Bertz CT molecular complexity index is 1120. The summed E-state index contributed by atoms with van der Waals surface area (Å²) in [6.07, 6.45) is 0. The fraction of sp³-hybridized carbons (Fsp3) is 0.100. The molecule has 9 nitrogen and oxygen atoms in total. The van der Waals surface area contributed by atoms with Crippen LogP contribution in [0.15, 0.2) is 48.2 Å². The van der Waals surface area contributed by atoms with Gasteiger partial charge in [-0.1, -0.05) is 30.3 Å². The van der Waals surface area contributed by atoms with Gasteiger partial charge in [0.15, 0.2) is 0 Å². The number of allylic oxidation sites excluding steroid dienone is 1. The average Bonchev–Trinajstić information content (AvgIpc) is 2.73. The van der Waals surface area contributed by atoms with E-state index in [1.165, 1.54) is 0 Å². The number of carbonyl (C=O) groups excluding carboxylic acids is 1. The van der Waals surface area contributed by atoms with Crippen LogP contribution >= 0.6 is 0 Å². The van der Waals surface area contributed by atoms with E-state index in [4.69, 9.17) is 14.7 Å². The smallest absolute Gasteiger partial charge is 0.375 e. The van der Waals surface area contributed by atoms with Gasteiger partial charge in [-0.25, -0.2) is 4.79 Å². The van der Waals surface area contributed by atoms with Crippen molar-refractivity contribution in [3.63, 3.8) is 0 Å². The van der Waals surface area contributed by atoms with Gasteiger partial charge in [0.1, 0.15) is 23.8 Å². The van der Waals surface area contributed by atoms with E-state index in [2.05, 4.69) is 0 Å². The van der Waals surface area contributed by atoms with Gasteiger partial charge in [0.25, 0.3) is 0 Å². The van der Waals surface area contributed by atoms with Gasteiger partial charge in [0.05, 0.1) is 22.7 Å². The molecular formula is C20H12N4O5. The van der Waals surface area contributed by atoms with Crippen molar-refractivity contribution in [1.82, 2.24) is 0 Å². The Hall–Kier alpha value is -4.68. The molecule has 9 heteroatoms. The third-order valence-corrected chi connectivity index (χ3v) is 3.61. The first-order valence-corrected chi connectivity index (χ1v) is 8.14. The lowest BCUT2D eigenvalue weighted by Gasteiger charge is -2.12. The molecule has 0 saturated heterocycles. The minimum Gasteiger partial charge on any atom is -0.460 e. The predicted molar refractivity (Wildman–Crippen MR) is 98.8 cm³/mol. The highest BCUT2D eigenvalue weighted by Crippen LogP contribution is 2.33. The lowest BCUT2D eigenvalue weighted by atomic mass is 10.1. The van der Waals surface area contributed by atoms with E-state index in [1.807, 2.05) is 6.07 Å². The van der Waals surface area contributed by atoms with Crippen molar-refractivity contribution in [2.45, 2.75) is 6.92 Å². The highest BCUT2D eigenvalue weighted by molar-refractivity contribution is 5.99. The molecule has 0 fully saturated rings. The molecule has 29 heavy (non-hydrogen) atoms. The summed E-state index contributed by atoms with van der Waals surface area (Å²) in [6.45, 7) is 1.51. The number of hydrogen-bond donors (Lipinski definition) is 0. The van der Waals surface area contributed by atoms with Crippen molar-refractivity contribution in [2.75, 3.05) is 6.61 Å². The summed E-state index contributed by atoms with van der Waals surface area (Å²) in [6, 6.07) is 15.2. The van der Waals surface area contributed by atoms with E-state index < -0.39 is 28.1 Å². The molecule has 0 heterocycles. The summed E-state index contributed by atoms with van der Waals surface area (Å²) < 4.78 is 10.4. The van der Waals surface area contributed by atoms with E-state index in [0.717, 1.165) is 12.1 Å². The quantitative estimate of drug-likeness (QED) is 0.183. The van der Waals surface area contributed by atoms with Gasteiger partial charge in [-0.05, 0) is 12.5 Å². The lowest BCUT2D eigenvalue weighted by molar-refractivity contribution is -0.385. The number of nitro benzene ring substituents is 1. The van der Waals surface area contributed by atoms with E-state index in [-0.39, 0.29) is 23.3 Å². The number of ether oxygens (including phenoxy) is 2. The maximum atomic E-state index is 12.4. The highest BCUT2D eigenvalue weighted by atomic mass is 16.6. The van der Waals surface area contributed by atoms with Gasteiger partial charge in [-0.3, -0.25) is 10.1 Å². The molecular weight excluding hydrogens is 376 g/mol. The van der Waals surface area contributed by atoms with Crippen LogP contribution in [0, 0.1) is 44.1 Å². The summed E-state index contributed by atoms with van der Waals surface area (Å²) >= 11 is 0. The van der Waals surface area contributed by atoms with Crippen LogP contribution in [0.2, 0.25) is 0 Å². The van der Waals surface area contributed by atoms with Crippen LogP contribution in [0.4, 0.5) is 5.69 Å². The van der Waals surface area contributed by atoms with Crippen LogP contribution in [-0.4, -0.2) is 17.5 Å². The minimum absolute atomic E-state index is 0.0297. The molecule has 0 saturated carbocycles. The highest BCUT2D eigenvalue weighted by Gasteiger charge is 2.27. The van der Waals surface area contributed by atoms with Gasteiger partial charge >= 0.3 is 11.7 Å². The molecule has 2 rings (SSSR count). The van der Waals surface area contributed by atoms with Crippen LogP contribution in [0.1, 0.15) is 23.6 Å². The number of esters is 1. The third-order valence-electron chi connectivity index (χ3n) is 3.61. The molecule has 2 aromatic rings. The first-order valence-electron chi connectivity index (χ1n) is 8.14. The first-order chi connectivity index (χ1) is 14.0. The molecule has 0 amide bonds. The molecule has 0 spiro atoms. The van der Waals surface area contributed by atoms with E-state index in [1.54, 1.807) is 49.4 Å². The van der Waals surface area contributed by atoms with Crippen LogP contribution in [-0.2, 0) is 9.53 Å². The molecule has 142 valence electrons. The number of hydrogen-bond acceptors (Lipinski definition) is 8. The van der Waals surface area contributed by atoms with Crippen LogP contribution in [0.5, 0.6) is 5.75 Å². The Balaban J connectivity index is 2.73. The van der Waals surface area contributed by atoms with Crippen LogP contribution < -0.4 is 4.74 Å². The van der Waals surface area contributed by atoms with Gasteiger partial charge < -0.3 is 9.47 Å². The topological polar surface area (TPSA) is 150 Å². The summed E-state index contributed by atoms with van der Waals surface area (Å²) in [5.41, 5.74) is -0.935. The first kappa shape index (κ1) is 20.6. The number of carbonyl (C=O) groups is 1. The summed E-state index contributed by atoms with van der Waals surface area (Å²) in [5.74, 6) is -2.06. The minimum atomic E-state index is -1.01. The zero-order valence-corrected chi connectivity index (χ0v) is 15.1. The summed E-state index contributed by atoms with van der Waals surface area (Å²) in [4.78, 5) is 23.0. The molecule has 0 radical (unpaired) electrons. The zero-order chi connectivity index (χ0) is 21.4. The molecule has 0 aliphatic heterocycles. The largest absolute Gasteiger partial charge is 0.460 e. The van der Waals surface area contributed by atoms with Crippen molar-refractivity contribution in [2.24, 2.45) is 0 Å². The predicted octanol–water partition coefficient (Wildman–Crippen LogP) is 3.21. The van der Waals surface area contributed by atoms with Gasteiger partial charge in [-0.2, -0.15) is 15.8 Å². The second-order valence-electron chi connectivity index (χ2n) is 5.35. The maximum Gasteiger partial charge on any atom is 0.375 e. The fourth-order valence-corrected chi connectivity index (χ4v) is 2.33. The molecule has 2 aromatic carbocycles. The van der Waals surface area contributed by atoms with Gasteiger partial charge in [-0.15, -0.1) is 0 Å². The fourth-order valence-electron chi connectivity index (χ4n) is 2.33. The standard InChI is InChI=1S/C20H12N4O5/c1-2-28-20(25)19(16(12-23)13-6-4-3-5-7-13)29-18-9-15(11-22)14(10-21)8-17(18)24(26)27/h3-9H,2H2,1H3/b19-16-. The van der Waals surface area contributed by atoms with E-state index in [0.29, 0.717) is 5.56 Å². The van der Waals surface area contributed by atoms with E-state index in [9.17, 15) is 25.4 Å². The third kappa shape index (κ3) is 4.54. The molecule has 0 unspecified atom stereocenters. The van der Waals surface area contributed by atoms with E-state index >= 15 is 0 Å². The van der Waals surface area contributed by atoms with Gasteiger partial charge in [0.2, 0.25) is 11.5 Å². The van der Waals surface area contributed by atoms with Crippen LogP contribution in [0.25, 0.3) is 5.57 Å². The Labute approximate surface area is 165 Å². The van der Waals surface area contributed by atoms with Crippen molar-refractivity contribution in [3.05, 3.63) is 75.0 Å². The molecule has 0 bridgehead atoms. The SMILES string of the molecule is CCOC(=O)/C(Oc1cc(C#N)c(C#N)cc1[N+](=O)[O-])=C(\C#N)c1ccccc1. The number of rotatable bonds is 6. The van der Waals surface area contributed by atoms with Gasteiger partial charge in [0, 0.05) is 12.1 Å². The van der Waals surface area contributed by atoms with Crippen LogP contribution in [0.3, 0.4) is 0 Å².